The van der Waals surface area contributed by atoms with Gasteiger partial charge in [-0.2, -0.15) is 0 Å². The molecule has 0 fully saturated rings. The van der Waals surface area contributed by atoms with E-state index in [0.29, 0.717) is 29.3 Å². The molecule has 1 aliphatic rings. The number of hydrogen-bond acceptors (Lipinski definition) is 7. The molecule has 0 saturated carbocycles. The summed E-state index contributed by atoms with van der Waals surface area (Å²) in [4.78, 5) is 9.56. The maximum atomic E-state index is 12.2. The number of aromatic nitrogens is 2. The lowest BCUT2D eigenvalue weighted by molar-refractivity contribution is -0.274. The van der Waals surface area contributed by atoms with Gasteiger partial charge in [0.25, 0.3) is 0 Å². The fourth-order valence-electron chi connectivity index (χ4n) is 2.56. The summed E-state index contributed by atoms with van der Waals surface area (Å²) < 4.78 is 50.9. The Bertz CT molecular complexity index is 955. The van der Waals surface area contributed by atoms with Crippen molar-refractivity contribution in [3.05, 3.63) is 60.6 Å². The fourth-order valence-corrected chi connectivity index (χ4v) is 2.56. The highest BCUT2D eigenvalue weighted by molar-refractivity contribution is 5.79. The molecule has 0 radical (unpaired) electrons. The number of benzene rings is 1. The first-order valence-corrected chi connectivity index (χ1v) is 8.08. The first-order valence-electron chi connectivity index (χ1n) is 8.08. The summed E-state index contributed by atoms with van der Waals surface area (Å²) in [5, 5.41) is 7.49. The van der Waals surface area contributed by atoms with Crippen molar-refractivity contribution in [2.45, 2.75) is 18.9 Å². The van der Waals surface area contributed by atoms with Gasteiger partial charge in [0.1, 0.15) is 17.8 Å². The van der Waals surface area contributed by atoms with Gasteiger partial charge in [-0.05, 0) is 29.8 Å². The fraction of sp³-hybridized carbons (Fsp3) is 0.167. The number of halogens is 3. The third-order valence-electron chi connectivity index (χ3n) is 3.83. The van der Waals surface area contributed by atoms with Crippen molar-refractivity contribution in [2.24, 2.45) is 5.16 Å². The summed E-state index contributed by atoms with van der Waals surface area (Å²) in [5.74, 6) is 0.503. The normalized spacial score (nSPS) is 16.4. The number of ether oxygens (including phenoxy) is 2. The third-order valence-corrected chi connectivity index (χ3v) is 3.83. The molecule has 10 heteroatoms. The maximum absolute atomic E-state index is 12.2. The van der Waals surface area contributed by atoms with Crippen LogP contribution in [0, 0.1) is 0 Å². The molecule has 144 valence electrons. The predicted molar refractivity (Wildman–Crippen MR) is 89.4 cm³/mol. The van der Waals surface area contributed by atoms with Crippen LogP contribution in [-0.2, 0) is 4.84 Å². The molecule has 0 N–H and O–H groups in total. The topological polar surface area (TPSA) is 79.0 Å². The molecule has 4 rings (SSSR count). The molecule has 1 atom stereocenters. The average molecular weight is 391 g/mol. The Labute approximate surface area is 156 Å². The largest absolute Gasteiger partial charge is 0.573 e. The molecule has 0 spiro atoms. The summed E-state index contributed by atoms with van der Waals surface area (Å²) in [6.45, 7) is 0. The summed E-state index contributed by atoms with van der Waals surface area (Å²) in [6, 6.07) is 8.87. The quantitative estimate of drug-likeness (QED) is 0.652. The van der Waals surface area contributed by atoms with Gasteiger partial charge in [-0.3, -0.25) is 4.98 Å². The van der Waals surface area contributed by atoms with Gasteiger partial charge in [-0.25, -0.2) is 0 Å². The number of pyridine rings is 1. The smallest absolute Gasteiger partial charge is 0.438 e. The van der Waals surface area contributed by atoms with Gasteiger partial charge < -0.3 is 18.8 Å². The van der Waals surface area contributed by atoms with Gasteiger partial charge in [0, 0.05) is 0 Å². The molecule has 0 bridgehead atoms. The van der Waals surface area contributed by atoms with Crippen molar-refractivity contribution in [1.82, 2.24) is 10.1 Å². The molecule has 0 aliphatic carbocycles. The standard InChI is InChI=1S/C18H12F3N3O4/c19-18(20,21)27-13-3-1-11(2-4-13)16-7-17(24-28-16)26-14-5-6-15(22-9-14)12-8-23-25-10-12/h1-6,8-10,16H,7H2/t16-/m1/s1. The van der Waals surface area contributed by atoms with E-state index in [9.17, 15) is 13.2 Å². The summed E-state index contributed by atoms with van der Waals surface area (Å²) in [7, 11) is 0. The summed E-state index contributed by atoms with van der Waals surface area (Å²) in [6.07, 6.45) is -0.304. The van der Waals surface area contributed by atoms with Gasteiger partial charge in [0.05, 0.1) is 30.1 Å². The average Bonchev–Trinajstić information content (AvgIpc) is 3.34. The number of oxime groups is 1. The molecular formula is C18H12F3N3O4. The second-order valence-corrected chi connectivity index (χ2v) is 5.79. The number of nitrogens with zero attached hydrogens (tertiary/aromatic N) is 3. The van der Waals surface area contributed by atoms with Crippen LogP contribution in [0.25, 0.3) is 11.3 Å². The minimum atomic E-state index is -4.73. The van der Waals surface area contributed by atoms with Crippen LogP contribution in [-0.4, -0.2) is 22.4 Å². The highest BCUT2D eigenvalue weighted by Gasteiger charge is 2.31. The van der Waals surface area contributed by atoms with Crippen molar-refractivity contribution in [2.75, 3.05) is 0 Å². The maximum Gasteiger partial charge on any atom is 0.573 e. The van der Waals surface area contributed by atoms with Crippen LogP contribution in [0.5, 0.6) is 11.5 Å². The van der Waals surface area contributed by atoms with Crippen LogP contribution >= 0.6 is 0 Å². The summed E-state index contributed by atoms with van der Waals surface area (Å²) in [5.41, 5.74) is 2.07. The Balaban J connectivity index is 1.35. The first kappa shape index (κ1) is 17.8. The lowest BCUT2D eigenvalue weighted by Gasteiger charge is -2.11. The molecule has 1 aliphatic heterocycles. The van der Waals surface area contributed by atoms with Crippen LogP contribution in [0.2, 0.25) is 0 Å². The lowest BCUT2D eigenvalue weighted by Crippen LogP contribution is -2.17. The Morgan fingerprint density at radius 3 is 2.43 bits per heavy atom. The SMILES string of the molecule is FC(F)(F)Oc1ccc([C@H]2CC(Oc3ccc(-c4cnoc4)nc3)=NO2)cc1. The molecule has 0 saturated heterocycles. The monoisotopic (exact) mass is 391 g/mol. The van der Waals surface area contributed by atoms with Gasteiger partial charge in [0.2, 0.25) is 5.90 Å². The van der Waals surface area contributed by atoms with Crippen molar-refractivity contribution >= 4 is 5.90 Å². The van der Waals surface area contributed by atoms with Crippen molar-refractivity contribution in [3.8, 4) is 22.8 Å². The molecular weight excluding hydrogens is 379 g/mol. The first-order chi connectivity index (χ1) is 13.5. The lowest BCUT2D eigenvalue weighted by atomic mass is 10.1. The zero-order chi connectivity index (χ0) is 19.6. The van der Waals surface area contributed by atoms with Crippen LogP contribution in [0.4, 0.5) is 13.2 Å². The highest BCUT2D eigenvalue weighted by Crippen LogP contribution is 2.31. The van der Waals surface area contributed by atoms with E-state index in [2.05, 4.69) is 20.0 Å². The van der Waals surface area contributed by atoms with E-state index in [1.807, 2.05) is 0 Å². The zero-order valence-electron chi connectivity index (χ0n) is 14.1. The Morgan fingerprint density at radius 1 is 1.00 bits per heavy atom. The van der Waals surface area contributed by atoms with E-state index < -0.39 is 12.5 Å². The second kappa shape index (κ2) is 7.22. The molecule has 3 heterocycles. The Morgan fingerprint density at radius 2 is 1.79 bits per heavy atom. The minimum absolute atomic E-state index is 0.300. The van der Waals surface area contributed by atoms with Crippen molar-refractivity contribution in [1.29, 1.82) is 0 Å². The van der Waals surface area contributed by atoms with Crippen LogP contribution in [0.15, 0.2) is 64.7 Å². The highest BCUT2D eigenvalue weighted by atomic mass is 19.4. The van der Waals surface area contributed by atoms with Gasteiger partial charge in [-0.1, -0.05) is 22.4 Å². The number of alkyl halides is 3. The van der Waals surface area contributed by atoms with Crippen molar-refractivity contribution < 1.29 is 32.0 Å². The second-order valence-electron chi connectivity index (χ2n) is 5.79. The minimum Gasteiger partial charge on any atom is -0.438 e. The molecule has 0 amide bonds. The molecule has 1 aromatic carbocycles. The molecule has 28 heavy (non-hydrogen) atoms. The Hall–Kier alpha value is -3.56. The van der Waals surface area contributed by atoms with Gasteiger partial charge >= 0.3 is 6.36 Å². The van der Waals surface area contributed by atoms with Crippen LogP contribution in [0.1, 0.15) is 18.1 Å². The number of hydrogen-bond donors (Lipinski definition) is 0. The molecule has 3 aromatic rings. The van der Waals surface area contributed by atoms with Crippen LogP contribution in [0.3, 0.4) is 0 Å². The zero-order valence-corrected chi connectivity index (χ0v) is 14.1. The molecule has 0 unspecified atom stereocenters. The summed E-state index contributed by atoms with van der Waals surface area (Å²) >= 11 is 0. The Kier molecular flexibility index (Phi) is 4.60. The van der Waals surface area contributed by atoms with Gasteiger partial charge in [0.15, 0.2) is 6.10 Å². The van der Waals surface area contributed by atoms with E-state index in [-0.39, 0.29) is 5.75 Å². The molecule has 7 nitrogen and oxygen atoms in total. The van der Waals surface area contributed by atoms with E-state index >= 15 is 0 Å². The third kappa shape index (κ3) is 4.22. The number of rotatable bonds is 4. The predicted octanol–water partition coefficient (Wildman–Crippen LogP) is 4.49. The van der Waals surface area contributed by atoms with E-state index in [1.54, 1.807) is 18.3 Å². The van der Waals surface area contributed by atoms with Crippen LogP contribution < -0.4 is 9.47 Å². The van der Waals surface area contributed by atoms with Crippen molar-refractivity contribution in [3.63, 3.8) is 0 Å². The van der Waals surface area contributed by atoms with E-state index in [4.69, 9.17) is 14.1 Å². The van der Waals surface area contributed by atoms with E-state index in [0.717, 1.165) is 5.56 Å². The van der Waals surface area contributed by atoms with E-state index in [1.165, 1.54) is 36.7 Å². The molecule has 2 aromatic heterocycles. The van der Waals surface area contributed by atoms with Gasteiger partial charge in [-0.15, -0.1) is 13.2 Å².